The van der Waals surface area contributed by atoms with Gasteiger partial charge in [0.25, 0.3) is 0 Å². The minimum absolute atomic E-state index is 0.0971. The topological polar surface area (TPSA) is 58.4 Å². The highest BCUT2D eigenvalue weighted by molar-refractivity contribution is 5.78. The SMILES string of the molecule is CCNC(=O)CN1CCc2ccc(N)cc2C1. The molecule has 4 nitrogen and oxygen atoms in total. The monoisotopic (exact) mass is 233 g/mol. The summed E-state index contributed by atoms with van der Waals surface area (Å²) in [6.45, 7) is 4.86. The highest BCUT2D eigenvalue weighted by Gasteiger charge is 2.18. The zero-order valence-corrected chi connectivity index (χ0v) is 10.2. The fraction of sp³-hybridized carbons (Fsp3) is 0.462. The maximum atomic E-state index is 11.5. The number of anilines is 1. The number of rotatable bonds is 3. The molecule has 0 aliphatic carbocycles. The smallest absolute Gasteiger partial charge is 0.234 e. The van der Waals surface area contributed by atoms with Crippen molar-refractivity contribution >= 4 is 11.6 Å². The van der Waals surface area contributed by atoms with Gasteiger partial charge in [0, 0.05) is 25.3 Å². The predicted octanol–water partition coefficient (Wildman–Crippen LogP) is 0.763. The molecule has 4 heteroatoms. The summed E-state index contributed by atoms with van der Waals surface area (Å²) in [5.74, 6) is 0.0971. The Labute approximate surface area is 102 Å². The van der Waals surface area contributed by atoms with E-state index in [0.717, 1.165) is 25.2 Å². The summed E-state index contributed by atoms with van der Waals surface area (Å²) < 4.78 is 0. The van der Waals surface area contributed by atoms with Gasteiger partial charge in [0.15, 0.2) is 0 Å². The van der Waals surface area contributed by atoms with Crippen molar-refractivity contribution in [1.82, 2.24) is 10.2 Å². The summed E-state index contributed by atoms with van der Waals surface area (Å²) in [6, 6.07) is 6.05. The van der Waals surface area contributed by atoms with Gasteiger partial charge in [-0.1, -0.05) is 6.07 Å². The molecule has 0 radical (unpaired) electrons. The Morgan fingerprint density at radius 3 is 3.06 bits per heavy atom. The molecular weight excluding hydrogens is 214 g/mol. The standard InChI is InChI=1S/C13H19N3O/c1-2-15-13(17)9-16-6-5-10-3-4-12(14)7-11(10)8-16/h3-4,7H,2,5-6,8-9,14H2,1H3,(H,15,17). The van der Waals surface area contributed by atoms with Crippen molar-refractivity contribution in [2.45, 2.75) is 19.9 Å². The highest BCUT2D eigenvalue weighted by atomic mass is 16.2. The number of nitrogens with one attached hydrogen (secondary N) is 1. The molecule has 0 bridgehead atoms. The van der Waals surface area contributed by atoms with E-state index in [2.05, 4.69) is 16.3 Å². The van der Waals surface area contributed by atoms with Gasteiger partial charge < -0.3 is 11.1 Å². The van der Waals surface area contributed by atoms with Gasteiger partial charge in [-0.05, 0) is 36.6 Å². The van der Waals surface area contributed by atoms with E-state index in [1.54, 1.807) is 0 Å². The molecule has 0 fully saturated rings. The number of likely N-dealkylation sites (N-methyl/N-ethyl adjacent to an activating group) is 1. The lowest BCUT2D eigenvalue weighted by molar-refractivity contribution is -0.122. The van der Waals surface area contributed by atoms with Gasteiger partial charge in [-0.2, -0.15) is 0 Å². The number of hydrogen-bond acceptors (Lipinski definition) is 3. The number of carbonyl (C=O) groups excluding carboxylic acids is 1. The Morgan fingerprint density at radius 1 is 1.47 bits per heavy atom. The average molecular weight is 233 g/mol. The van der Waals surface area contributed by atoms with Crippen LogP contribution in [-0.2, 0) is 17.8 Å². The van der Waals surface area contributed by atoms with Gasteiger partial charge in [-0.3, -0.25) is 9.69 Å². The number of nitrogen functional groups attached to an aromatic ring is 1. The molecule has 1 amide bonds. The maximum absolute atomic E-state index is 11.5. The van der Waals surface area contributed by atoms with Gasteiger partial charge in [0.1, 0.15) is 0 Å². The van der Waals surface area contributed by atoms with Crippen molar-refractivity contribution in [1.29, 1.82) is 0 Å². The third kappa shape index (κ3) is 2.97. The van der Waals surface area contributed by atoms with Gasteiger partial charge in [0.2, 0.25) is 5.91 Å². The zero-order chi connectivity index (χ0) is 12.3. The summed E-state index contributed by atoms with van der Waals surface area (Å²) in [6.07, 6.45) is 0.995. The van der Waals surface area contributed by atoms with E-state index < -0.39 is 0 Å². The molecule has 0 atom stereocenters. The van der Waals surface area contributed by atoms with Crippen LogP contribution < -0.4 is 11.1 Å². The first-order valence-electron chi connectivity index (χ1n) is 6.05. The lowest BCUT2D eigenvalue weighted by Crippen LogP contribution is -2.39. The number of amides is 1. The molecule has 1 heterocycles. The lowest BCUT2D eigenvalue weighted by Gasteiger charge is -2.28. The molecular formula is C13H19N3O. The second-order valence-corrected chi connectivity index (χ2v) is 4.44. The molecule has 1 aromatic carbocycles. The minimum Gasteiger partial charge on any atom is -0.399 e. The summed E-state index contributed by atoms with van der Waals surface area (Å²) in [4.78, 5) is 13.7. The van der Waals surface area contributed by atoms with Gasteiger partial charge in [-0.15, -0.1) is 0 Å². The van der Waals surface area contributed by atoms with E-state index in [9.17, 15) is 4.79 Å². The number of fused-ring (bicyclic) bond motifs is 1. The molecule has 17 heavy (non-hydrogen) atoms. The first-order chi connectivity index (χ1) is 8.19. The maximum Gasteiger partial charge on any atom is 0.234 e. The Bertz CT molecular complexity index is 417. The molecule has 1 aliphatic rings. The number of carbonyl (C=O) groups is 1. The molecule has 0 spiro atoms. The van der Waals surface area contributed by atoms with Crippen LogP contribution in [-0.4, -0.2) is 30.4 Å². The van der Waals surface area contributed by atoms with E-state index in [1.807, 2.05) is 19.1 Å². The molecule has 3 N–H and O–H groups in total. The van der Waals surface area contributed by atoms with Crippen molar-refractivity contribution in [2.24, 2.45) is 0 Å². The van der Waals surface area contributed by atoms with Crippen LogP contribution in [0.1, 0.15) is 18.1 Å². The van der Waals surface area contributed by atoms with Crippen molar-refractivity contribution < 1.29 is 4.79 Å². The summed E-state index contributed by atoms with van der Waals surface area (Å²) in [5, 5.41) is 2.82. The summed E-state index contributed by atoms with van der Waals surface area (Å²) in [5.41, 5.74) is 9.18. The Morgan fingerprint density at radius 2 is 2.29 bits per heavy atom. The predicted molar refractivity (Wildman–Crippen MR) is 68.5 cm³/mol. The first kappa shape index (κ1) is 11.9. The molecule has 0 aromatic heterocycles. The van der Waals surface area contributed by atoms with Crippen LogP contribution in [0.25, 0.3) is 0 Å². The third-order valence-electron chi connectivity index (χ3n) is 3.06. The van der Waals surface area contributed by atoms with Crippen molar-refractivity contribution in [2.75, 3.05) is 25.4 Å². The molecule has 1 aliphatic heterocycles. The van der Waals surface area contributed by atoms with Gasteiger partial charge in [-0.25, -0.2) is 0 Å². The quantitative estimate of drug-likeness (QED) is 0.758. The minimum atomic E-state index is 0.0971. The summed E-state index contributed by atoms with van der Waals surface area (Å²) in [7, 11) is 0. The molecule has 0 saturated carbocycles. The molecule has 0 unspecified atom stereocenters. The first-order valence-corrected chi connectivity index (χ1v) is 6.05. The Balaban J connectivity index is 2.00. The van der Waals surface area contributed by atoms with Crippen molar-refractivity contribution in [3.05, 3.63) is 29.3 Å². The molecule has 92 valence electrons. The van der Waals surface area contributed by atoms with Gasteiger partial charge >= 0.3 is 0 Å². The van der Waals surface area contributed by atoms with E-state index >= 15 is 0 Å². The third-order valence-corrected chi connectivity index (χ3v) is 3.06. The number of nitrogens with two attached hydrogens (primary N) is 1. The lowest BCUT2D eigenvalue weighted by atomic mass is 9.99. The second kappa shape index (κ2) is 5.19. The van der Waals surface area contributed by atoms with Crippen LogP contribution in [0.3, 0.4) is 0 Å². The molecule has 2 rings (SSSR count). The second-order valence-electron chi connectivity index (χ2n) is 4.44. The number of hydrogen-bond donors (Lipinski definition) is 2. The average Bonchev–Trinajstić information content (AvgIpc) is 2.28. The van der Waals surface area contributed by atoms with E-state index in [-0.39, 0.29) is 5.91 Å². The van der Waals surface area contributed by atoms with E-state index in [4.69, 9.17) is 5.73 Å². The van der Waals surface area contributed by atoms with Crippen LogP contribution in [0.5, 0.6) is 0 Å². The van der Waals surface area contributed by atoms with Crippen molar-refractivity contribution in [3.63, 3.8) is 0 Å². The largest absolute Gasteiger partial charge is 0.399 e. The van der Waals surface area contributed by atoms with Crippen LogP contribution in [0.2, 0.25) is 0 Å². The van der Waals surface area contributed by atoms with Gasteiger partial charge in [0.05, 0.1) is 6.54 Å². The van der Waals surface area contributed by atoms with Crippen LogP contribution in [0, 0.1) is 0 Å². The fourth-order valence-corrected chi connectivity index (χ4v) is 2.23. The number of benzene rings is 1. The summed E-state index contributed by atoms with van der Waals surface area (Å²) >= 11 is 0. The van der Waals surface area contributed by atoms with Crippen LogP contribution in [0.4, 0.5) is 5.69 Å². The van der Waals surface area contributed by atoms with Crippen LogP contribution >= 0.6 is 0 Å². The molecule has 0 saturated heterocycles. The Kier molecular flexibility index (Phi) is 3.64. The van der Waals surface area contributed by atoms with E-state index in [1.165, 1.54) is 11.1 Å². The normalized spacial score (nSPS) is 15.4. The zero-order valence-electron chi connectivity index (χ0n) is 10.2. The fourth-order valence-electron chi connectivity index (χ4n) is 2.23. The molecule has 1 aromatic rings. The Hall–Kier alpha value is -1.55. The highest BCUT2D eigenvalue weighted by Crippen LogP contribution is 2.20. The number of nitrogens with zero attached hydrogens (tertiary/aromatic N) is 1. The van der Waals surface area contributed by atoms with Crippen molar-refractivity contribution in [3.8, 4) is 0 Å². The van der Waals surface area contributed by atoms with Crippen LogP contribution in [0.15, 0.2) is 18.2 Å². The van der Waals surface area contributed by atoms with E-state index in [0.29, 0.717) is 13.1 Å².